The molecule has 0 fully saturated rings. The number of fused-ring (bicyclic) bond motifs is 1. The molecule has 2 aromatic heterocycles. The number of amides is 1. The molecule has 8 heteroatoms. The van der Waals surface area contributed by atoms with E-state index in [0.29, 0.717) is 10.8 Å². The first-order chi connectivity index (χ1) is 17.8. The normalized spacial score (nSPS) is 12.9. The minimum absolute atomic E-state index is 0.222. The zero-order valence-corrected chi connectivity index (χ0v) is 21.8. The smallest absolute Gasteiger partial charge is 0.280 e. The van der Waals surface area contributed by atoms with Gasteiger partial charge in [0.15, 0.2) is 5.01 Å². The molecule has 3 aromatic carbocycles. The molecule has 5 rings (SSSR count). The van der Waals surface area contributed by atoms with Gasteiger partial charge in [0.1, 0.15) is 17.7 Å². The second-order valence-corrected chi connectivity index (χ2v) is 10.4. The molecule has 0 saturated heterocycles. The lowest BCUT2D eigenvalue weighted by Crippen LogP contribution is -2.39. The third-order valence-electron chi connectivity index (χ3n) is 6.24. The molecule has 1 amide bonds. The number of nitrogens with zero attached hydrogens (tertiary/aromatic N) is 3. The molecule has 0 aliphatic rings. The van der Waals surface area contributed by atoms with Gasteiger partial charge in [-0.3, -0.25) is 4.79 Å². The van der Waals surface area contributed by atoms with Crippen LogP contribution in [0, 0.1) is 26.6 Å². The number of hydrogen-bond donors (Lipinski definition) is 1. The van der Waals surface area contributed by atoms with Crippen LogP contribution in [-0.4, -0.2) is 26.7 Å². The second-order valence-electron chi connectivity index (χ2n) is 9.19. The van der Waals surface area contributed by atoms with Crippen molar-refractivity contribution in [1.82, 2.24) is 20.1 Å². The largest absolute Gasteiger partial charge is 0.484 e. The first-order valence-corrected chi connectivity index (χ1v) is 12.8. The summed E-state index contributed by atoms with van der Waals surface area (Å²) in [6, 6.07) is 17.9. The highest BCUT2D eigenvalue weighted by molar-refractivity contribution is 7.13. The van der Waals surface area contributed by atoms with E-state index in [1.807, 2.05) is 45.9 Å². The van der Waals surface area contributed by atoms with Crippen LogP contribution in [0.2, 0.25) is 0 Å². The molecule has 0 saturated carbocycles. The van der Waals surface area contributed by atoms with Crippen LogP contribution in [0.1, 0.15) is 44.4 Å². The summed E-state index contributed by atoms with van der Waals surface area (Å²) in [6.07, 6.45) is 3.02. The molecule has 2 atom stereocenters. The third-order valence-corrected chi connectivity index (χ3v) is 7.15. The van der Waals surface area contributed by atoms with Crippen LogP contribution >= 0.6 is 11.3 Å². The van der Waals surface area contributed by atoms with Gasteiger partial charge in [0.2, 0.25) is 0 Å². The van der Waals surface area contributed by atoms with Crippen molar-refractivity contribution in [1.29, 1.82) is 0 Å². The third kappa shape index (κ3) is 5.24. The van der Waals surface area contributed by atoms with E-state index in [-0.39, 0.29) is 17.8 Å². The fraction of sp³-hybridized carbons (Fsp3) is 0.207. The number of benzene rings is 3. The number of rotatable bonds is 7. The SMILES string of the molecule is Cc1ccc(C)c([C@H](Oc2ccc3c(cnn3-c3ccc(F)cc3)c2)[C@H](C)NC(=O)c2ncc(C)s2)c1. The van der Waals surface area contributed by atoms with E-state index in [4.69, 9.17) is 4.74 Å². The molecule has 2 heterocycles. The summed E-state index contributed by atoms with van der Waals surface area (Å²) < 4.78 is 21.7. The maximum Gasteiger partial charge on any atom is 0.280 e. The number of carbonyl (C=O) groups excluding carboxylic acids is 1. The highest BCUT2D eigenvalue weighted by Gasteiger charge is 2.26. The number of carbonyl (C=O) groups is 1. The Morgan fingerprint density at radius 2 is 1.81 bits per heavy atom. The van der Waals surface area contributed by atoms with Gasteiger partial charge >= 0.3 is 0 Å². The molecule has 0 spiro atoms. The maximum atomic E-state index is 13.4. The first-order valence-electron chi connectivity index (χ1n) is 12.0. The van der Waals surface area contributed by atoms with Gasteiger partial charge in [-0.1, -0.05) is 23.8 Å². The van der Waals surface area contributed by atoms with Gasteiger partial charge < -0.3 is 10.1 Å². The van der Waals surface area contributed by atoms with Gasteiger partial charge in [0.05, 0.1) is 23.4 Å². The van der Waals surface area contributed by atoms with Crippen molar-refractivity contribution in [3.63, 3.8) is 0 Å². The van der Waals surface area contributed by atoms with Crippen LogP contribution < -0.4 is 10.1 Å². The van der Waals surface area contributed by atoms with Gasteiger partial charge in [0, 0.05) is 16.5 Å². The van der Waals surface area contributed by atoms with Crippen LogP contribution in [0.3, 0.4) is 0 Å². The molecule has 1 N–H and O–H groups in total. The molecule has 0 aliphatic heterocycles. The Morgan fingerprint density at radius 3 is 2.54 bits per heavy atom. The molecule has 0 radical (unpaired) electrons. The highest BCUT2D eigenvalue weighted by atomic mass is 32.1. The van der Waals surface area contributed by atoms with Gasteiger partial charge in [0.25, 0.3) is 5.91 Å². The summed E-state index contributed by atoms with van der Waals surface area (Å²) >= 11 is 1.36. The van der Waals surface area contributed by atoms with Crippen molar-refractivity contribution in [2.45, 2.75) is 39.8 Å². The van der Waals surface area contributed by atoms with Gasteiger partial charge in [-0.05, 0) is 81.3 Å². The van der Waals surface area contributed by atoms with Gasteiger partial charge in [-0.2, -0.15) is 5.10 Å². The molecule has 5 aromatic rings. The number of thiazole rings is 1. The van der Waals surface area contributed by atoms with E-state index < -0.39 is 6.10 Å². The zero-order valence-electron chi connectivity index (χ0n) is 21.0. The van der Waals surface area contributed by atoms with Crippen LogP contribution in [0.5, 0.6) is 5.75 Å². The monoisotopic (exact) mass is 514 g/mol. The number of aromatic nitrogens is 3. The van der Waals surface area contributed by atoms with E-state index in [0.717, 1.165) is 38.2 Å². The van der Waals surface area contributed by atoms with E-state index in [1.54, 1.807) is 29.2 Å². The van der Waals surface area contributed by atoms with Crippen molar-refractivity contribution in [3.05, 3.63) is 105 Å². The lowest BCUT2D eigenvalue weighted by Gasteiger charge is -2.28. The van der Waals surface area contributed by atoms with Crippen molar-refractivity contribution in [2.24, 2.45) is 0 Å². The minimum atomic E-state index is -0.436. The van der Waals surface area contributed by atoms with E-state index >= 15 is 0 Å². The number of halogens is 1. The predicted molar refractivity (Wildman–Crippen MR) is 144 cm³/mol. The van der Waals surface area contributed by atoms with Crippen molar-refractivity contribution in [3.8, 4) is 11.4 Å². The fourth-order valence-corrected chi connectivity index (χ4v) is 4.99. The van der Waals surface area contributed by atoms with E-state index in [1.165, 1.54) is 23.5 Å². The Balaban J connectivity index is 1.46. The molecular weight excluding hydrogens is 487 g/mol. The summed E-state index contributed by atoms with van der Waals surface area (Å²) in [4.78, 5) is 18.1. The summed E-state index contributed by atoms with van der Waals surface area (Å²) in [6.45, 7) is 7.95. The number of ether oxygens (including phenoxy) is 1. The summed E-state index contributed by atoms with van der Waals surface area (Å²) in [7, 11) is 0. The summed E-state index contributed by atoms with van der Waals surface area (Å²) in [5.41, 5.74) is 4.84. The average Bonchev–Trinajstić information content (AvgIpc) is 3.50. The summed E-state index contributed by atoms with van der Waals surface area (Å²) in [5, 5.41) is 8.88. The Kier molecular flexibility index (Phi) is 6.76. The quantitative estimate of drug-likeness (QED) is 0.270. The second kappa shape index (κ2) is 10.1. The number of aryl methyl sites for hydroxylation is 3. The topological polar surface area (TPSA) is 69.0 Å². The maximum absolute atomic E-state index is 13.4. The molecule has 6 nitrogen and oxygen atoms in total. The van der Waals surface area contributed by atoms with Crippen LogP contribution in [0.4, 0.5) is 4.39 Å². The van der Waals surface area contributed by atoms with Gasteiger partial charge in [-0.25, -0.2) is 14.1 Å². The lowest BCUT2D eigenvalue weighted by molar-refractivity contribution is 0.0881. The highest BCUT2D eigenvalue weighted by Crippen LogP contribution is 2.31. The molecular formula is C29H27FN4O2S. The van der Waals surface area contributed by atoms with Crippen molar-refractivity contribution in [2.75, 3.05) is 0 Å². The van der Waals surface area contributed by atoms with E-state index in [2.05, 4.69) is 33.6 Å². The summed E-state index contributed by atoms with van der Waals surface area (Å²) in [5.74, 6) is 0.142. The predicted octanol–water partition coefficient (Wildman–Crippen LogP) is 6.48. The van der Waals surface area contributed by atoms with Crippen LogP contribution in [0.15, 0.2) is 73.1 Å². The van der Waals surface area contributed by atoms with Crippen molar-refractivity contribution >= 4 is 28.1 Å². The zero-order chi connectivity index (χ0) is 26.1. The Bertz CT molecular complexity index is 1570. The molecule has 188 valence electrons. The minimum Gasteiger partial charge on any atom is -0.484 e. The van der Waals surface area contributed by atoms with Gasteiger partial charge in [-0.15, -0.1) is 11.3 Å². The standard InChI is InChI=1S/C29H27FN4O2S/c1-17-5-6-18(2)25(13-17)27(20(4)33-28(35)29-31-15-19(3)37-29)36-24-11-12-26-21(14-24)16-32-34(26)23-9-7-22(30)8-10-23/h5-16,20,27H,1-4H3,(H,33,35)/t20-,27+/m0/s1. The van der Waals surface area contributed by atoms with Crippen LogP contribution in [-0.2, 0) is 0 Å². The lowest BCUT2D eigenvalue weighted by atomic mass is 9.96. The Morgan fingerprint density at radius 1 is 1.03 bits per heavy atom. The van der Waals surface area contributed by atoms with Crippen LogP contribution in [0.25, 0.3) is 16.6 Å². The van der Waals surface area contributed by atoms with E-state index in [9.17, 15) is 9.18 Å². The van der Waals surface area contributed by atoms with Crippen molar-refractivity contribution < 1.29 is 13.9 Å². The molecule has 0 bridgehead atoms. The number of nitrogens with one attached hydrogen (secondary N) is 1. The molecule has 0 unspecified atom stereocenters. The Hall–Kier alpha value is -4.04. The first kappa shape index (κ1) is 24.6. The fourth-order valence-electron chi connectivity index (χ4n) is 4.32. The molecule has 0 aliphatic carbocycles. The average molecular weight is 515 g/mol. The number of hydrogen-bond acceptors (Lipinski definition) is 5. The Labute approximate surface area is 218 Å². The molecule has 37 heavy (non-hydrogen) atoms.